The summed E-state index contributed by atoms with van der Waals surface area (Å²) in [5.41, 5.74) is 2.18. The van der Waals surface area contributed by atoms with Crippen molar-refractivity contribution in [3.8, 4) is 0 Å². The maximum absolute atomic E-state index is 12.1. The van der Waals surface area contributed by atoms with E-state index in [9.17, 15) is 9.59 Å². The SMILES string of the molecule is O=C(CCCCCc1cn(Cc2ccccc2)nn1)NC1CCN(C(=O)O)CC1. The Bertz CT molecular complexity index is 785. The van der Waals surface area contributed by atoms with Crippen LogP contribution in [0.5, 0.6) is 0 Å². The number of rotatable bonds is 9. The molecule has 2 N–H and O–H groups in total. The Balaban J connectivity index is 1.26. The minimum absolute atomic E-state index is 0.0626. The van der Waals surface area contributed by atoms with Crippen molar-refractivity contribution >= 4 is 12.0 Å². The zero-order valence-corrected chi connectivity index (χ0v) is 16.7. The van der Waals surface area contributed by atoms with Gasteiger partial charge in [-0.25, -0.2) is 9.48 Å². The summed E-state index contributed by atoms with van der Waals surface area (Å²) in [4.78, 5) is 24.4. The van der Waals surface area contributed by atoms with Gasteiger partial charge in [0.15, 0.2) is 0 Å². The Morgan fingerprint density at radius 3 is 2.59 bits per heavy atom. The number of aromatic nitrogens is 3. The summed E-state index contributed by atoms with van der Waals surface area (Å²) in [6.07, 6.45) is 6.67. The van der Waals surface area contributed by atoms with E-state index in [1.54, 1.807) is 0 Å². The fraction of sp³-hybridized carbons (Fsp3) is 0.524. The molecule has 0 unspecified atom stereocenters. The zero-order valence-electron chi connectivity index (χ0n) is 16.7. The second-order valence-electron chi connectivity index (χ2n) is 7.57. The summed E-state index contributed by atoms with van der Waals surface area (Å²) >= 11 is 0. The van der Waals surface area contributed by atoms with Crippen molar-refractivity contribution in [3.63, 3.8) is 0 Å². The van der Waals surface area contributed by atoms with Crippen molar-refractivity contribution < 1.29 is 14.7 Å². The van der Waals surface area contributed by atoms with E-state index in [1.165, 1.54) is 10.5 Å². The Labute approximate surface area is 170 Å². The highest BCUT2D eigenvalue weighted by Gasteiger charge is 2.23. The summed E-state index contributed by atoms with van der Waals surface area (Å²) in [6, 6.07) is 10.3. The van der Waals surface area contributed by atoms with Crippen LogP contribution in [0.4, 0.5) is 4.79 Å². The van der Waals surface area contributed by atoms with E-state index >= 15 is 0 Å². The number of hydrogen-bond donors (Lipinski definition) is 2. The van der Waals surface area contributed by atoms with E-state index in [2.05, 4.69) is 27.8 Å². The first-order valence-electron chi connectivity index (χ1n) is 10.3. The molecule has 2 heterocycles. The molecule has 0 bridgehead atoms. The zero-order chi connectivity index (χ0) is 20.5. The number of amides is 2. The third-order valence-electron chi connectivity index (χ3n) is 5.24. The highest BCUT2D eigenvalue weighted by molar-refractivity contribution is 5.76. The predicted molar refractivity (Wildman–Crippen MR) is 109 cm³/mol. The average molecular weight is 399 g/mol. The predicted octanol–water partition coefficient (Wildman–Crippen LogP) is 2.69. The molecule has 0 saturated carbocycles. The number of likely N-dealkylation sites (tertiary alicyclic amines) is 1. The molecule has 0 spiro atoms. The molecular weight excluding hydrogens is 370 g/mol. The maximum atomic E-state index is 12.1. The number of piperidine rings is 1. The van der Waals surface area contributed by atoms with Crippen LogP contribution in [0.3, 0.4) is 0 Å². The van der Waals surface area contributed by atoms with E-state index in [1.807, 2.05) is 29.1 Å². The summed E-state index contributed by atoms with van der Waals surface area (Å²) in [7, 11) is 0. The summed E-state index contributed by atoms with van der Waals surface area (Å²) in [5, 5.41) is 20.4. The van der Waals surface area contributed by atoms with E-state index < -0.39 is 6.09 Å². The lowest BCUT2D eigenvalue weighted by molar-refractivity contribution is -0.122. The molecule has 8 nitrogen and oxygen atoms in total. The smallest absolute Gasteiger partial charge is 0.407 e. The number of carbonyl (C=O) groups is 2. The van der Waals surface area contributed by atoms with E-state index in [-0.39, 0.29) is 11.9 Å². The fourth-order valence-electron chi connectivity index (χ4n) is 3.58. The number of aryl methyl sites for hydroxylation is 1. The Morgan fingerprint density at radius 2 is 1.86 bits per heavy atom. The molecule has 1 aromatic heterocycles. The van der Waals surface area contributed by atoms with Gasteiger partial charge in [-0.3, -0.25) is 4.79 Å². The van der Waals surface area contributed by atoms with Gasteiger partial charge in [0, 0.05) is 31.7 Å². The molecule has 1 saturated heterocycles. The highest BCUT2D eigenvalue weighted by atomic mass is 16.4. The largest absolute Gasteiger partial charge is 0.465 e. The molecule has 1 aliphatic heterocycles. The number of nitrogens with zero attached hydrogens (tertiary/aromatic N) is 4. The molecule has 2 amide bonds. The van der Waals surface area contributed by atoms with E-state index in [0.717, 1.165) is 37.9 Å². The lowest BCUT2D eigenvalue weighted by atomic mass is 10.0. The van der Waals surface area contributed by atoms with Gasteiger partial charge in [-0.15, -0.1) is 5.10 Å². The van der Waals surface area contributed by atoms with Gasteiger partial charge < -0.3 is 15.3 Å². The first kappa shape index (κ1) is 20.8. The number of benzene rings is 1. The molecule has 156 valence electrons. The normalized spacial score (nSPS) is 14.7. The number of nitrogens with one attached hydrogen (secondary N) is 1. The van der Waals surface area contributed by atoms with Crippen molar-refractivity contribution in [2.24, 2.45) is 0 Å². The van der Waals surface area contributed by atoms with Crippen LogP contribution >= 0.6 is 0 Å². The van der Waals surface area contributed by atoms with Crippen molar-refractivity contribution in [1.29, 1.82) is 0 Å². The Morgan fingerprint density at radius 1 is 1.10 bits per heavy atom. The molecule has 29 heavy (non-hydrogen) atoms. The molecular formula is C21H29N5O3. The van der Waals surface area contributed by atoms with Gasteiger partial charge in [0.05, 0.1) is 12.2 Å². The quantitative estimate of drug-likeness (QED) is 0.632. The van der Waals surface area contributed by atoms with E-state index in [0.29, 0.717) is 32.4 Å². The van der Waals surface area contributed by atoms with Crippen LogP contribution in [0, 0.1) is 0 Å². The minimum atomic E-state index is -0.880. The molecule has 1 aliphatic rings. The van der Waals surface area contributed by atoms with Gasteiger partial charge in [0.25, 0.3) is 0 Å². The first-order chi connectivity index (χ1) is 14.1. The molecule has 0 radical (unpaired) electrons. The van der Waals surface area contributed by atoms with Crippen LogP contribution in [0.1, 0.15) is 49.8 Å². The topological polar surface area (TPSA) is 100 Å². The molecule has 0 aliphatic carbocycles. The average Bonchev–Trinajstić information content (AvgIpc) is 3.16. The number of carbonyl (C=O) groups excluding carboxylic acids is 1. The van der Waals surface area contributed by atoms with Crippen molar-refractivity contribution in [3.05, 3.63) is 47.8 Å². The van der Waals surface area contributed by atoms with Crippen molar-refractivity contribution in [2.45, 2.75) is 57.5 Å². The van der Waals surface area contributed by atoms with Gasteiger partial charge in [-0.2, -0.15) is 0 Å². The number of hydrogen-bond acceptors (Lipinski definition) is 4. The molecule has 3 rings (SSSR count). The van der Waals surface area contributed by atoms with E-state index in [4.69, 9.17) is 5.11 Å². The van der Waals surface area contributed by atoms with Crippen LogP contribution in [-0.4, -0.2) is 56.1 Å². The molecule has 8 heteroatoms. The van der Waals surface area contributed by atoms with Gasteiger partial charge in [-0.1, -0.05) is 42.0 Å². The van der Waals surface area contributed by atoms with Gasteiger partial charge in [0.2, 0.25) is 5.91 Å². The van der Waals surface area contributed by atoms with Gasteiger partial charge in [0.1, 0.15) is 0 Å². The van der Waals surface area contributed by atoms with Crippen LogP contribution in [-0.2, 0) is 17.8 Å². The molecule has 1 fully saturated rings. The van der Waals surface area contributed by atoms with Gasteiger partial charge >= 0.3 is 6.09 Å². The van der Waals surface area contributed by atoms with Crippen LogP contribution in [0.2, 0.25) is 0 Å². The molecule has 1 aromatic carbocycles. The van der Waals surface area contributed by atoms with Crippen LogP contribution in [0.25, 0.3) is 0 Å². The third kappa shape index (κ3) is 6.89. The highest BCUT2D eigenvalue weighted by Crippen LogP contribution is 2.12. The minimum Gasteiger partial charge on any atom is -0.465 e. The number of unbranched alkanes of at least 4 members (excludes halogenated alkanes) is 2. The summed E-state index contributed by atoms with van der Waals surface area (Å²) in [6.45, 7) is 1.70. The first-order valence-corrected chi connectivity index (χ1v) is 10.3. The molecule has 2 aromatic rings. The van der Waals surface area contributed by atoms with Crippen molar-refractivity contribution in [1.82, 2.24) is 25.2 Å². The fourth-order valence-corrected chi connectivity index (χ4v) is 3.58. The lowest BCUT2D eigenvalue weighted by Crippen LogP contribution is -2.46. The Hall–Kier alpha value is -2.90. The third-order valence-corrected chi connectivity index (χ3v) is 5.24. The summed E-state index contributed by atoms with van der Waals surface area (Å²) < 4.78 is 1.85. The van der Waals surface area contributed by atoms with Crippen LogP contribution in [0.15, 0.2) is 36.5 Å². The summed E-state index contributed by atoms with van der Waals surface area (Å²) in [5.74, 6) is 0.0626. The van der Waals surface area contributed by atoms with Gasteiger partial charge in [-0.05, 0) is 37.7 Å². The maximum Gasteiger partial charge on any atom is 0.407 e. The van der Waals surface area contributed by atoms with Crippen molar-refractivity contribution in [2.75, 3.05) is 13.1 Å². The Kier molecular flexibility index (Phi) is 7.61. The lowest BCUT2D eigenvalue weighted by Gasteiger charge is -2.30. The number of carboxylic acid groups (broad SMARTS) is 1. The molecule has 0 atom stereocenters. The monoisotopic (exact) mass is 399 g/mol. The second kappa shape index (κ2) is 10.6. The standard InChI is InChI=1S/C21H29N5O3/c27-20(22-18-11-13-25(14-12-18)21(28)29)10-6-2-5-9-19-16-26(24-23-19)15-17-7-3-1-4-8-17/h1,3-4,7-8,16,18H,2,5-6,9-15H2,(H,22,27)(H,28,29). The second-order valence-corrected chi connectivity index (χ2v) is 7.57. The van der Waals surface area contributed by atoms with Crippen LogP contribution < -0.4 is 5.32 Å².